The fourth-order valence-corrected chi connectivity index (χ4v) is 7.46. The SMILES string of the molecule is CC[C@H](C)[C@@H]([C@@H](CC(=O)N1C[C@H](OC)C[C@H]1[C@H](OC)[C@@H](C)C(=O)N[C@@H](C)C(=O)c1ccccc1)OC)N(C)C(=O)[C@@H](NC(=O)[C@@H](NC)C(C)C)C(C)C. The summed E-state index contributed by atoms with van der Waals surface area (Å²) in [6.45, 7) is 15.4. The van der Waals surface area contributed by atoms with Gasteiger partial charge in [0.05, 0.1) is 54.8 Å². The number of rotatable bonds is 21. The Morgan fingerprint density at radius 2 is 1.47 bits per heavy atom. The number of likely N-dealkylation sites (tertiary alicyclic amines) is 1. The van der Waals surface area contributed by atoms with Gasteiger partial charge < -0.3 is 40.0 Å². The van der Waals surface area contributed by atoms with Gasteiger partial charge in [-0.15, -0.1) is 0 Å². The van der Waals surface area contributed by atoms with E-state index in [1.807, 2.05) is 47.6 Å². The third-order valence-corrected chi connectivity index (χ3v) is 10.9. The molecule has 3 N–H and O–H groups in total. The van der Waals surface area contributed by atoms with Crippen LogP contribution in [0.1, 0.15) is 85.0 Å². The number of hydrogen-bond donors (Lipinski definition) is 3. The van der Waals surface area contributed by atoms with E-state index in [1.165, 1.54) is 14.2 Å². The normalized spacial score (nSPS) is 20.5. The van der Waals surface area contributed by atoms with Crippen LogP contribution in [-0.2, 0) is 33.4 Å². The van der Waals surface area contributed by atoms with Crippen LogP contribution < -0.4 is 16.0 Å². The van der Waals surface area contributed by atoms with Crippen LogP contribution in [0, 0.1) is 23.7 Å². The summed E-state index contributed by atoms with van der Waals surface area (Å²) in [4.78, 5) is 71.5. The van der Waals surface area contributed by atoms with Crippen LogP contribution in [0.4, 0.5) is 0 Å². The Hall–Kier alpha value is -3.39. The summed E-state index contributed by atoms with van der Waals surface area (Å²) in [5.41, 5.74) is 0.500. The second-order valence-electron chi connectivity index (χ2n) is 15.2. The van der Waals surface area contributed by atoms with E-state index >= 15 is 0 Å². The monoisotopic (exact) mass is 745 g/mol. The molecule has 300 valence electrons. The van der Waals surface area contributed by atoms with Gasteiger partial charge in [-0.05, 0) is 38.1 Å². The van der Waals surface area contributed by atoms with E-state index in [9.17, 15) is 24.0 Å². The third kappa shape index (κ3) is 11.8. The predicted octanol–water partition coefficient (Wildman–Crippen LogP) is 3.30. The Kier molecular flexibility index (Phi) is 18.6. The molecule has 0 bridgehead atoms. The highest BCUT2D eigenvalue weighted by atomic mass is 16.5. The third-order valence-electron chi connectivity index (χ3n) is 10.9. The topological polar surface area (TPSA) is 156 Å². The van der Waals surface area contributed by atoms with Gasteiger partial charge in [-0.2, -0.15) is 0 Å². The van der Waals surface area contributed by atoms with Crippen LogP contribution in [0.5, 0.6) is 0 Å². The number of carbonyl (C=O) groups excluding carboxylic acids is 5. The number of ether oxygens (including phenoxy) is 3. The second-order valence-corrected chi connectivity index (χ2v) is 15.2. The second kappa shape index (κ2) is 21.5. The maximum atomic E-state index is 14.3. The number of Topliss-reactive ketones (excluding diaryl/α,β-unsaturated/α-hetero) is 1. The van der Waals surface area contributed by atoms with Crippen LogP contribution in [0.3, 0.4) is 0 Å². The summed E-state index contributed by atoms with van der Waals surface area (Å²) in [6.07, 6.45) is -0.536. The fraction of sp³-hybridized carbons (Fsp3) is 0.725. The van der Waals surface area contributed by atoms with Crippen molar-refractivity contribution in [1.29, 1.82) is 0 Å². The maximum Gasteiger partial charge on any atom is 0.245 e. The zero-order chi connectivity index (χ0) is 40.2. The maximum absolute atomic E-state index is 14.3. The highest BCUT2D eigenvalue weighted by Crippen LogP contribution is 2.31. The summed E-state index contributed by atoms with van der Waals surface area (Å²) in [7, 11) is 8.07. The van der Waals surface area contributed by atoms with Crippen molar-refractivity contribution in [3.63, 3.8) is 0 Å². The predicted molar refractivity (Wildman–Crippen MR) is 205 cm³/mol. The first-order chi connectivity index (χ1) is 25.0. The lowest BCUT2D eigenvalue weighted by atomic mass is 9.89. The molecule has 1 saturated heterocycles. The molecule has 1 aliphatic rings. The molecule has 1 aromatic carbocycles. The van der Waals surface area contributed by atoms with Crippen molar-refractivity contribution >= 4 is 29.4 Å². The quantitative estimate of drug-likeness (QED) is 0.161. The van der Waals surface area contributed by atoms with Crippen LogP contribution in [-0.4, -0.2) is 130 Å². The van der Waals surface area contributed by atoms with Crippen molar-refractivity contribution in [2.45, 2.75) is 123 Å². The molecule has 2 rings (SSSR count). The van der Waals surface area contributed by atoms with Crippen LogP contribution in [0.15, 0.2) is 30.3 Å². The van der Waals surface area contributed by atoms with Gasteiger partial charge in [0.15, 0.2) is 5.78 Å². The molecule has 13 heteroatoms. The highest BCUT2D eigenvalue weighted by Gasteiger charge is 2.46. The molecule has 1 fully saturated rings. The smallest absolute Gasteiger partial charge is 0.245 e. The van der Waals surface area contributed by atoms with Crippen molar-refractivity contribution in [2.75, 3.05) is 42.0 Å². The lowest BCUT2D eigenvalue weighted by Gasteiger charge is -2.41. The standard InChI is InChI=1S/C40H67N5O8/c1-14-25(6)35(44(10)40(50)34(24(4)5)43-39(49)33(41-9)23(2)3)31(52-12)21-32(46)45-22-29(51-11)20-30(45)37(53-13)26(7)38(48)42-27(8)36(47)28-18-16-15-17-19-28/h15-19,23-27,29-31,33-35,37,41H,14,20-22H2,1-13H3,(H,42,48)(H,43,49)/t25-,26+,27-,29+,30-,31+,33-,34-,35-,37+/m0/s1. The van der Waals surface area contributed by atoms with E-state index < -0.39 is 48.3 Å². The van der Waals surface area contributed by atoms with Crippen molar-refractivity contribution in [3.05, 3.63) is 35.9 Å². The van der Waals surface area contributed by atoms with Crippen molar-refractivity contribution in [2.24, 2.45) is 23.7 Å². The van der Waals surface area contributed by atoms with Gasteiger partial charge in [0, 0.05) is 40.5 Å². The van der Waals surface area contributed by atoms with E-state index in [2.05, 4.69) is 16.0 Å². The summed E-state index contributed by atoms with van der Waals surface area (Å²) in [5, 5.41) is 8.86. The summed E-state index contributed by atoms with van der Waals surface area (Å²) < 4.78 is 17.6. The fourth-order valence-electron chi connectivity index (χ4n) is 7.46. The molecule has 13 nitrogen and oxygen atoms in total. The molecule has 1 aromatic rings. The van der Waals surface area contributed by atoms with Gasteiger partial charge in [0.1, 0.15) is 6.04 Å². The number of nitrogens with zero attached hydrogens (tertiary/aromatic N) is 2. The van der Waals surface area contributed by atoms with Crippen molar-refractivity contribution in [3.8, 4) is 0 Å². The molecule has 0 saturated carbocycles. The number of hydrogen-bond acceptors (Lipinski definition) is 9. The van der Waals surface area contributed by atoms with E-state index in [0.29, 0.717) is 24.9 Å². The first-order valence-corrected chi connectivity index (χ1v) is 19.0. The molecule has 1 aliphatic heterocycles. The lowest BCUT2D eigenvalue weighted by molar-refractivity contribution is -0.148. The van der Waals surface area contributed by atoms with Gasteiger partial charge in [0.25, 0.3) is 0 Å². The Morgan fingerprint density at radius 3 is 1.96 bits per heavy atom. The van der Waals surface area contributed by atoms with Crippen LogP contribution in [0.25, 0.3) is 0 Å². The van der Waals surface area contributed by atoms with Crippen molar-refractivity contribution < 1.29 is 38.2 Å². The Bertz CT molecular complexity index is 1340. The lowest BCUT2D eigenvalue weighted by Crippen LogP contribution is -2.59. The number of benzene rings is 1. The Morgan fingerprint density at radius 1 is 0.868 bits per heavy atom. The first-order valence-electron chi connectivity index (χ1n) is 19.0. The Labute approximate surface area is 317 Å². The zero-order valence-corrected chi connectivity index (χ0v) is 34.3. The van der Waals surface area contributed by atoms with E-state index in [4.69, 9.17) is 14.2 Å². The zero-order valence-electron chi connectivity index (χ0n) is 34.3. The van der Waals surface area contributed by atoms with Gasteiger partial charge in [-0.25, -0.2) is 0 Å². The molecular weight excluding hydrogens is 678 g/mol. The number of amides is 4. The molecule has 0 aliphatic carbocycles. The molecule has 53 heavy (non-hydrogen) atoms. The molecule has 0 spiro atoms. The van der Waals surface area contributed by atoms with Crippen molar-refractivity contribution in [1.82, 2.24) is 25.8 Å². The van der Waals surface area contributed by atoms with Crippen LogP contribution in [0.2, 0.25) is 0 Å². The number of likely N-dealkylation sites (N-methyl/N-ethyl adjacent to an activating group) is 2. The van der Waals surface area contributed by atoms with Crippen LogP contribution >= 0.6 is 0 Å². The molecular formula is C40H67N5O8. The first kappa shape index (κ1) is 45.8. The number of ketones is 1. The van der Waals surface area contributed by atoms with E-state index in [1.54, 1.807) is 69.1 Å². The molecule has 1 heterocycles. The molecule has 10 atom stereocenters. The van der Waals surface area contributed by atoms with Gasteiger partial charge in [0.2, 0.25) is 23.6 Å². The van der Waals surface area contributed by atoms with E-state index in [-0.39, 0.29) is 59.7 Å². The number of methoxy groups -OCH3 is 3. The molecule has 0 radical (unpaired) electrons. The minimum Gasteiger partial charge on any atom is -0.380 e. The van der Waals surface area contributed by atoms with Gasteiger partial charge >= 0.3 is 0 Å². The molecule has 0 unspecified atom stereocenters. The average molecular weight is 746 g/mol. The largest absolute Gasteiger partial charge is 0.380 e. The Balaban J connectivity index is 2.32. The molecule has 0 aromatic heterocycles. The van der Waals surface area contributed by atoms with Gasteiger partial charge in [-0.1, -0.05) is 85.2 Å². The molecule has 4 amide bonds. The minimum absolute atomic E-state index is 0.0204. The highest BCUT2D eigenvalue weighted by molar-refractivity contribution is 6.01. The summed E-state index contributed by atoms with van der Waals surface area (Å²) >= 11 is 0. The minimum atomic E-state index is -0.784. The van der Waals surface area contributed by atoms with E-state index in [0.717, 1.165) is 0 Å². The number of carbonyl (C=O) groups is 5. The summed E-state index contributed by atoms with van der Waals surface area (Å²) in [6, 6.07) is 5.78. The number of nitrogens with one attached hydrogen (secondary N) is 3. The average Bonchev–Trinajstić information content (AvgIpc) is 3.57. The summed E-state index contributed by atoms with van der Waals surface area (Å²) in [5.74, 6) is -2.24. The van der Waals surface area contributed by atoms with Gasteiger partial charge in [-0.3, -0.25) is 24.0 Å².